The van der Waals surface area contributed by atoms with E-state index in [0.717, 1.165) is 6.07 Å². The molecule has 0 aliphatic heterocycles. The molecule has 0 radical (unpaired) electrons. The predicted molar refractivity (Wildman–Crippen MR) is 90.0 cm³/mol. The third kappa shape index (κ3) is 4.88. The quantitative estimate of drug-likeness (QED) is 0.688. The summed E-state index contributed by atoms with van der Waals surface area (Å²) in [5.41, 5.74) is -0.712. The standard InChI is InChI=1S/C16H19F3N4O3/c1-9(8-24)20-15-22-13(16(17,18)19)7-14(23-15)21-11-5-4-10(25-2)6-12(11)26-3/h4-7,9,24H,8H2,1-3H3,(H2,20,21,22,23)/t9-/m1/s1. The molecule has 7 nitrogen and oxygen atoms in total. The van der Waals surface area contributed by atoms with Gasteiger partial charge in [-0.2, -0.15) is 18.2 Å². The first kappa shape index (κ1) is 19.6. The number of benzene rings is 1. The molecule has 2 rings (SSSR count). The van der Waals surface area contributed by atoms with Crippen molar-refractivity contribution < 1.29 is 27.8 Å². The van der Waals surface area contributed by atoms with Crippen LogP contribution in [0.25, 0.3) is 0 Å². The van der Waals surface area contributed by atoms with E-state index >= 15 is 0 Å². The highest BCUT2D eigenvalue weighted by Gasteiger charge is 2.34. The van der Waals surface area contributed by atoms with E-state index in [1.54, 1.807) is 25.1 Å². The van der Waals surface area contributed by atoms with Crippen molar-refractivity contribution in [1.29, 1.82) is 0 Å². The minimum absolute atomic E-state index is 0.0802. The highest BCUT2D eigenvalue weighted by molar-refractivity contribution is 5.66. The summed E-state index contributed by atoms with van der Waals surface area (Å²) in [5.74, 6) is 0.569. The van der Waals surface area contributed by atoms with Gasteiger partial charge in [0.05, 0.1) is 26.5 Å². The van der Waals surface area contributed by atoms with Crippen molar-refractivity contribution in [3.63, 3.8) is 0 Å². The number of anilines is 3. The smallest absolute Gasteiger partial charge is 0.433 e. The van der Waals surface area contributed by atoms with Crippen LogP contribution in [0.3, 0.4) is 0 Å². The zero-order valence-electron chi connectivity index (χ0n) is 14.4. The van der Waals surface area contributed by atoms with Gasteiger partial charge in [0.2, 0.25) is 5.95 Å². The van der Waals surface area contributed by atoms with Crippen molar-refractivity contribution in [3.8, 4) is 11.5 Å². The number of alkyl halides is 3. The van der Waals surface area contributed by atoms with E-state index in [1.165, 1.54) is 14.2 Å². The zero-order valence-corrected chi connectivity index (χ0v) is 14.4. The molecule has 0 unspecified atom stereocenters. The monoisotopic (exact) mass is 372 g/mol. The second-order valence-corrected chi connectivity index (χ2v) is 5.38. The van der Waals surface area contributed by atoms with Crippen molar-refractivity contribution in [3.05, 3.63) is 30.0 Å². The van der Waals surface area contributed by atoms with Crippen LogP contribution in [0.1, 0.15) is 12.6 Å². The largest absolute Gasteiger partial charge is 0.497 e. The molecule has 0 spiro atoms. The van der Waals surface area contributed by atoms with Gasteiger partial charge in [-0.15, -0.1) is 0 Å². The summed E-state index contributed by atoms with van der Waals surface area (Å²) in [6.07, 6.45) is -4.65. The van der Waals surface area contributed by atoms with E-state index in [2.05, 4.69) is 20.6 Å². The Hall–Kier alpha value is -2.75. The topological polar surface area (TPSA) is 88.5 Å². The van der Waals surface area contributed by atoms with Crippen LogP contribution in [0.5, 0.6) is 11.5 Å². The molecule has 0 amide bonds. The molecule has 142 valence electrons. The molecule has 3 N–H and O–H groups in total. The molecule has 10 heteroatoms. The van der Waals surface area contributed by atoms with Crippen LogP contribution in [0.2, 0.25) is 0 Å². The molecular formula is C16H19F3N4O3. The Labute approximate surface area is 148 Å². The second-order valence-electron chi connectivity index (χ2n) is 5.38. The number of methoxy groups -OCH3 is 2. The van der Waals surface area contributed by atoms with E-state index in [9.17, 15) is 13.2 Å². The molecule has 1 heterocycles. The minimum Gasteiger partial charge on any atom is -0.497 e. The fraction of sp³-hybridized carbons (Fsp3) is 0.375. The van der Waals surface area contributed by atoms with Crippen LogP contribution in [-0.2, 0) is 6.18 Å². The highest BCUT2D eigenvalue weighted by atomic mass is 19.4. The summed E-state index contributed by atoms with van der Waals surface area (Å²) in [6, 6.07) is 5.08. The van der Waals surface area contributed by atoms with Gasteiger partial charge in [0.15, 0.2) is 5.69 Å². The van der Waals surface area contributed by atoms with Crippen molar-refractivity contribution in [2.24, 2.45) is 0 Å². The lowest BCUT2D eigenvalue weighted by Gasteiger charge is -2.16. The molecule has 1 aromatic carbocycles. The van der Waals surface area contributed by atoms with Crippen molar-refractivity contribution in [1.82, 2.24) is 9.97 Å². The molecule has 26 heavy (non-hydrogen) atoms. The number of ether oxygens (including phenoxy) is 2. The maximum atomic E-state index is 13.1. The average molecular weight is 372 g/mol. The number of nitrogens with zero attached hydrogens (tertiary/aromatic N) is 2. The predicted octanol–water partition coefficient (Wildman–Crippen LogP) is 3.05. The van der Waals surface area contributed by atoms with Crippen LogP contribution in [0.15, 0.2) is 24.3 Å². The Morgan fingerprint density at radius 1 is 1.15 bits per heavy atom. The van der Waals surface area contributed by atoms with E-state index in [1.807, 2.05) is 0 Å². The number of nitrogens with one attached hydrogen (secondary N) is 2. The first-order valence-corrected chi connectivity index (χ1v) is 7.59. The third-order valence-electron chi connectivity index (χ3n) is 3.34. The second kappa shape index (κ2) is 8.09. The number of hydrogen-bond acceptors (Lipinski definition) is 7. The molecule has 0 saturated carbocycles. The van der Waals surface area contributed by atoms with Crippen LogP contribution in [-0.4, -0.2) is 41.9 Å². The van der Waals surface area contributed by atoms with Gasteiger partial charge >= 0.3 is 6.18 Å². The first-order chi connectivity index (χ1) is 12.3. The van der Waals surface area contributed by atoms with E-state index in [-0.39, 0.29) is 18.4 Å². The lowest BCUT2D eigenvalue weighted by Crippen LogP contribution is -2.22. The third-order valence-corrected chi connectivity index (χ3v) is 3.34. The zero-order chi connectivity index (χ0) is 19.3. The summed E-state index contributed by atoms with van der Waals surface area (Å²) in [5, 5.41) is 14.5. The summed E-state index contributed by atoms with van der Waals surface area (Å²) in [7, 11) is 2.92. The van der Waals surface area contributed by atoms with Gasteiger partial charge in [-0.1, -0.05) is 0 Å². The van der Waals surface area contributed by atoms with Gasteiger partial charge < -0.3 is 25.2 Å². The van der Waals surface area contributed by atoms with Crippen LogP contribution >= 0.6 is 0 Å². The van der Waals surface area contributed by atoms with Crippen LogP contribution in [0, 0.1) is 0 Å². The molecule has 0 fully saturated rings. The SMILES string of the molecule is COc1ccc(Nc2cc(C(F)(F)F)nc(N[C@H](C)CO)n2)c(OC)c1. The lowest BCUT2D eigenvalue weighted by atomic mass is 10.2. The first-order valence-electron chi connectivity index (χ1n) is 7.59. The number of halogens is 3. The molecule has 0 saturated heterocycles. The number of hydrogen-bond donors (Lipinski definition) is 3. The molecule has 0 aliphatic carbocycles. The highest BCUT2D eigenvalue weighted by Crippen LogP contribution is 2.34. The summed E-state index contributed by atoms with van der Waals surface area (Å²) in [6.45, 7) is 1.30. The van der Waals surface area contributed by atoms with Crippen LogP contribution in [0.4, 0.5) is 30.6 Å². The normalized spacial score (nSPS) is 12.4. The fourth-order valence-electron chi connectivity index (χ4n) is 2.03. The van der Waals surface area contributed by atoms with Gasteiger partial charge in [-0.05, 0) is 19.1 Å². The number of aromatic nitrogens is 2. The molecular weight excluding hydrogens is 353 g/mol. The van der Waals surface area contributed by atoms with E-state index in [4.69, 9.17) is 14.6 Å². The van der Waals surface area contributed by atoms with Crippen molar-refractivity contribution in [2.75, 3.05) is 31.5 Å². The maximum absolute atomic E-state index is 13.1. The van der Waals surface area contributed by atoms with Crippen molar-refractivity contribution >= 4 is 17.5 Å². The van der Waals surface area contributed by atoms with Gasteiger partial charge in [-0.3, -0.25) is 0 Å². The molecule has 0 aliphatic rings. The van der Waals surface area contributed by atoms with Crippen molar-refractivity contribution in [2.45, 2.75) is 19.1 Å². The molecule has 2 aromatic rings. The Bertz CT molecular complexity index is 756. The van der Waals surface area contributed by atoms with Gasteiger partial charge in [0, 0.05) is 18.2 Å². The number of rotatable bonds is 7. The Morgan fingerprint density at radius 2 is 1.88 bits per heavy atom. The van der Waals surface area contributed by atoms with E-state index < -0.39 is 17.9 Å². The average Bonchev–Trinajstić information content (AvgIpc) is 2.61. The van der Waals surface area contributed by atoms with Gasteiger partial charge in [0.1, 0.15) is 17.3 Å². The number of aliphatic hydroxyl groups is 1. The fourth-order valence-corrected chi connectivity index (χ4v) is 2.03. The number of aliphatic hydroxyl groups excluding tert-OH is 1. The van der Waals surface area contributed by atoms with E-state index in [0.29, 0.717) is 17.2 Å². The molecule has 0 bridgehead atoms. The summed E-state index contributed by atoms with van der Waals surface area (Å²) in [4.78, 5) is 7.47. The molecule has 1 aromatic heterocycles. The van der Waals surface area contributed by atoms with Gasteiger partial charge in [0.25, 0.3) is 0 Å². The summed E-state index contributed by atoms with van der Waals surface area (Å²) < 4.78 is 49.6. The Balaban J connectivity index is 2.40. The molecule has 1 atom stereocenters. The summed E-state index contributed by atoms with van der Waals surface area (Å²) >= 11 is 0. The maximum Gasteiger partial charge on any atom is 0.433 e. The van der Waals surface area contributed by atoms with Gasteiger partial charge in [-0.25, -0.2) is 4.98 Å². The Morgan fingerprint density at radius 3 is 2.46 bits per heavy atom. The minimum atomic E-state index is -4.65. The lowest BCUT2D eigenvalue weighted by molar-refractivity contribution is -0.141. The van der Waals surface area contributed by atoms with Crippen LogP contribution < -0.4 is 20.1 Å². The Kier molecular flexibility index (Phi) is 6.09.